The van der Waals surface area contributed by atoms with Gasteiger partial charge in [-0.25, -0.2) is 18.2 Å². The number of amides is 1. The second kappa shape index (κ2) is 8.39. The van der Waals surface area contributed by atoms with Gasteiger partial charge in [0.1, 0.15) is 6.33 Å². The SMILES string of the molecule is CCCCN(CC)C(=O)n1cnc(S(=O)(=O)N(C)C(C)CC)n1. The van der Waals surface area contributed by atoms with E-state index in [-0.39, 0.29) is 17.2 Å². The topological polar surface area (TPSA) is 88.4 Å². The van der Waals surface area contributed by atoms with Crippen LogP contribution in [0.3, 0.4) is 0 Å². The third kappa shape index (κ3) is 4.51. The molecule has 0 radical (unpaired) electrons. The van der Waals surface area contributed by atoms with Crippen LogP contribution in [0.5, 0.6) is 0 Å². The first-order valence-electron chi connectivity index (χ1n) is 7.98. The maximum Gasteiger partial charge on any atom is 0.346 e. The Labute approximate surface area is 138 Å². The maximum absolute atomic E-state index is 12.4. The lowest BCUT2D eigenvalue weighted by Crippen LogP contribution is -2.37. The summed E-state index contributed by atoms with van der Waals surface area (Å²) >= 11 is 0. The number of nitrogens with zero attached hydrogens (tertiary/aromatic N) is 5. The second-order valence-corrected chi connectivity index (χ2v) is 7.36. The van der Waals surface area contributed by atoms with E-state index in [4.69, 9.17) is 0 Å². The first-order chi connectivity index (χ1) is 10.8. The second-order valence-electron chi connectivity index (χ2n) is 5.47. The summed E-state index contributed by atoms with van der Waals surface area (Å²) in [6.07, 6.45) is 3.70. The molecule has 1 heterocycles. The minimum Gasteiger partial charge on any atom is -0.323 e. The van der Waals surface area contributed by atoms with Crippen LogP contribution < -0.4 is 0 Å². The summed E-state index contributed by atoms with van der Waals surface area (Å²) in [5.74, 6) is 0. The van der Waals surface area contributed by atoms with Gasteiger partial charge in [-0.15, -0.1) is 5.10 Å². The van der Waals surface area contributed by atoms with Crippen LogP contribution >= 0.6 is 0 Å². The van der Waals surface area contributed by atoms with E-state index in [0.29, 0.717) is 19.5 Å². The predicted molar refractivity (Wildman–Crippen MR) is 87.7 cm³/mol. The van der Waals surface area contributed by atoms with Gasteiger partial charge in [0.2, 0.25) is 0 Å². The molecule has 0 aromatic carbocycles. The first-order valence-corrected chi connectivity index (χ1v) is 9.42. The number of sulfonamides is 1. The first kappa shape index (κ1) is 19.6. The van der Waals surface area contributed by atoms with E-state index in [0.717, 1.165) is 23.9 Å². The Morgan fingerprint density at radius 2 is 2.00 bits per heavy atom. The highest BCUT2D eigenvalue weighted by atomic mass is 32.2. The van der Waals surface area contributed by atoms with Gasteiger partial charge in [-0.3, -0.25) is 0 Å². The normalized spacial score (nSPS) is 13.3. The summed E-state index contributed by atoms with van der Waals surface area (Å²) in [5.41, 5.74) is 0. The van der Waals surface area contributed by atoms with E-state index >= 15 is 0 Å². The minimum absolute atomic E-state index is 0.167. The number of rotatable bonds is 8. The number of unbranched alkanes of at least 4 members (excludes halogenated alkanes) is 1. The average Bonchev–Trinajstić information content (AvgIpc) is 3.04. The van der Waals surface area contributed by atoms with Crippen LogP contribution in [0, 0.1) is 0 Å². The number of carbonyl (C=O) groups excluding carboxylic acids is 1. The van der Waals surface area contributed by atoms with Gasteiger partial charge in [0.15, 0.2) is 0 Å². The van der Waals surface area contributed by atoms with Gasteiger partial charge in [-0.05, 0) is 26.7 Å². The van der Waals surface area contributed by atoms with Crippen molar-refractivity contribution in [2.75, 3.05) is 20.1 Å². The molecule has 1 amide bonds. The molecular weight excluding hydrogens is 318 g/mol. The Hall–Kier alpha value is -1.48. The van der Waals surface area contributed by atoms with Crippen LogP contribution in [-0.2, 0) is 10.0 Å². The fraction of sp³-hybridized carbons (Fsp3) is 0.786. The summed E-state index contributed by atoms with van der Waals surface area (Å²) in [5, 5.41) is 3.53. The average molecular weight is 345 g/mol. The van der Waals surface area contributed by atoms with E-state index in [1.165, 1.54) is 11.4 Å². The van der Waals surface area contributed by atoms with E-state index in [9.17, 15) is 13.2 Å². The Morgan fingerprint density at radius 1 is 1.35 bits per heavy atom. The summed E-state index contributed by atoms with van der Waals surface area (Å²) < 4.78 is 27.1. The van der Waals surface area contributed by atoms with Crippen LogP contribution in [-0.4, -0.2) is 64.6 Å². The van der Waals surface area contributed by atoms with E-state index in [1.807, 2.05) is 27.7 Å². The zero-order valence-corrected chi connectivity index (χ0v) is 15.4. The Bertz CT molecular complexity index is 614. The van der Waals surface area contributed by atoms with E-state index in [1.54, 1.807) is 4.90 Å². The highest BCUT2D eigenvalue weighted by molar-refractivity contribution is 7.88. The third-order valence-corrected chi connectivity index (χ3v) is 5.69. The number of aromatic nitrogens is 3. The van der Waals surface area contributed by atoms with Gasteiger partial charge in [0.05, 0.1) is 0 Å². The van der Waals surface area contributed by atoms with Crippen molar-refractivity contribution in [2.24, 2.45) is 0 Å². The molecule has 1 unspecified atom stereocenters. The van der Waals surface area contributed by atoms with Crippen LogP contribution in [0.2, 0.25) is 0 Å². The fourth-order valence-electron chi connectivity index (χ4n) is 1.96. The highest BCUT2D eigenvalue weighted by Gasteiger charge is 2.29. The molecule has 0 bridgehead atoms. The summed E-state index contributed by atoms with van der Waals surface area (Å²) in [7, 11) is -2.30. The fourth-order valence-corrected chi connectivity index (χ4v) is 3.22. The van der Waals surface area contributed by atoms with Crippen LogP contribution in [0.25, 0.3) is 0 Å². The van der Waals surface area contributed by atoms with Crippen molar-refractivity contribution in [3.8, 4) is 0 Å². The predicted octanol–water partition coefficient (Wildman–Crippen LogP) is 1.79. The van der Waals surface area contributed by atoms with Gasteiger partial charge < -0.3 is 4.90 Å². The maximum atomic E-state index is 12.4. The van der Waals surface area contributed by atoms with Crippen molar-refractivity contribution < 1.29 is 13.2 Å². The highest BCUT2D eigenvalue weighted by Crippen LogP contribution is 2.14. The molecule has 1 aromatic rings. The van der Waals surface area contributed by atoms with E-state index < -0.39 is 10.0 Å². The molecule has 1 rings (SSSR count). The molecule has 8 nitrogen and oxygen atoms in total. The molecule has 0 aliphatic rings. The molecule has 23 heavy (non-hydrogen) atoms. The standard InChI is InChI=1S/C14H27N5O3S/c1-6-9-10-18(8-3)14(20)19-11-15-13(16-19)23(21,22)17(5)12(4)7-2/h11-12H,6-10H2,1-5H3. The van der Waals surface area contributed by atoms with Gasteiger partial charge >= 0.3 is 6.03 Å². The molecule has 0 saturated heterocycles. The molecule has 0 aliphatic carbocycles. The van der Waals surface area contributed by atoms with Crippen molar-refractivity contribution in [3.63, 3.8) is 0 Å². The van der Waals surface area contributed by atoms with Crippen LogP contribution in [0.4, 0.5) is 4.79 Å². The Balaban J connectivity index is 2.98. The monoisotopic (exact) mass is 345 g/mol. The van der Waals surface area contributed by atoms with Crippen molar-refractivity contribution in [3.05, 3.63) is 6.33 Å². The summed E-state index contributed by atoms with van der Waals surface area (Å²) in [6, 6.07) is -0.527. The molecule has 1 atom stereocenters. The van der Waals surface area contributed by atoms with Crippen LogP contribution in [0.15, 0.2) is 11.5 Å². The van der Waals surface area contributed by atoms with Gasteiger partial charge in [0, 0.05) is 26.2 Å². The molecule has 0 aliphatic heterocycles. The molecule has 0 saturated carbocycles. The van der Waals surface area contributed by atoms with Crippen molar-refractivity contribution in [1.29, 1.82) is 0 Å². The van der Waals surface area contributed by atoms with Gasteiger partial charge in [-0.2, -0.15) is 8.99 Å². The minimum atomic E-state index is -3.79. The van der Waals surface area contributed by atoms with Crippen molar-refractivity contribution in [2.45, 2.75) is 58.2 Å². The molecule has 0 N–H and O–H groups in total. The molecule has 132 valence electrons. The lowest BCUT2D eigenvalue weighted by atomic mass is 10.3. The summed E-state index contributed by atoms with van der Waals surface area (Å²) in [4.78, 5) is 17.8. The largest absolute Gasteiger partial charge is 0.346 e. The summed E-state index contributed by atoms with van der Waals surface area (Å²) in [6.45, 7) is 8.78. The van der Waals surface area contributed by atoms with Gasteiger partial charge in [0.25, 0.3) is 15.2 Å². The molecule has 9 heteroatoms. The Kier molecular flexibility index (Phi) is 7.14. The molecule has 0 fully saturated rings. The van der Waals surface area contributed by atoms with Crippen molar-refractivity contribution >= 4 is 16.1 Å². The van der Waals surface area contributed by atoms with Gasteiger partial charge in [-0.1, -0.05) is 20.3 Å². The van der Waals surface area contributed by atoms with E-state index in [2.05, 4.69) is 10.1 Å². The number of carbonyl (C=O) groups is 1. The Morgan fingerprint density at radius 3 is 2.52 bits per heavy atom. The lowest BCUT2D eigenvalue weighted by molar-refractivity contribution is 0.197. The molecular formula is C14H27N5O3S. The molecule has 1 aromatic heterocycles. The lowest BCUT2D eigenvalue weighted by Gasteiger charge is -2.21. The smallest absolute Gasteiger partial charge is 0.323 e. The molecule has 0 spiro atoms. The number of hydrogen-bond donors (Lipinski definition) is 0. The van der Waals surface area contributed by atoms with Crippen LogP contribution in [0.1, 0.15) is 47.0 Å². The number of hydrogen-bond acceptors (Lipinski definition) is 5. The quantitative estimate of drug-likeness (QED) is 0.716. The zero-order valence-electron chi connectivity index (χ0n) is 14.6. The zero-order chi connectivity index (χ0) is 17.6. The van der Waals surface area contributed by atoms with Crippen molar-refractivity contribution in [1.82, 2.24) is 24.0 Å². The third-order valence-electron chi connectivity index (χ3n) is 3.92.